The average Bonchev–Trinajstić information content (AvgIpc) is 3.23. The van der Waals surface area contributed by atoms with E-state index in [4.69, 9.17) is 0 Å². The Morgan fingerprint density at radius 3 is 2.88 bits per heavy atom. The van der Waals surface area contributed by atoms with Gasteiger partial charge in [0.05, 0.1) is 17.6 Å². The Labute approximate surface area is 144 Å². The number of fused-ring (bicyclic) bond motifs is 1. The number of nitrogens with zero attached hydrogens (tertiary/aromatic N) is 2. The van der Waals surface area contributed by atoms with Crippen LogP contribution in [-0.2, 0) is 11.8 Å². The third kappa shape index (κ3) is 2.63. The minimum absolute atomic E-state index is 0.249. The average molecular weight is 339 g/mol. The summed E-state index contributed by atoms with van der Waals surface area (Å²) >= 11 is 0. The number of phenols is 1. The normalized spacial score (nSPS) is 19.2. The SMILES string of the molecule is Cc1c(O)cccc1-c1cc2cc(NC(=O)C3CC3F)ncc2n1C. The number of carbonyl (C=O) groups excluding carboxylic acids is 1. The summed E-state index contributed by atoms with van der Waals surface area (Å²) in [6.07, 6.45) is 0.952. The monoisotopic (exact) mass is 339 g/mol. The predicted molar refractivity (Wildman–Crippen MR) is 94.2 cm³/mol. The highest BCUT2D eigenvalue weighted by Crippen LogP contribution is 2.35. The molecule has 1 amide bonds. The number of benzene rings is 1. The number of nitrogens with one attached hydrogen (secondary N) is 1. The van der Waals surface area contributed by atoms with E-state index in [1.165, 1.54) is 0 Å². The van der Waals surface area contributed by atoms with Gasteiger partial charge in [-0.2, -0.15) is 0 Å². The van der Waals surface area contributed by atoms with Crippen molar-refractivity contribution < 1.29 is 14.3 Å². The summed E-state index contributed by atoms with van der Waals surface area (Å²) in [4.78, 5) is 16.1. The highest BCUT2D eigenvalue weighted by Gasteiger charge is 2.43. The fraction of sp³-hybridized carbons (Fsp3) is 0.263. The molecule has 0 aliphatic heterocycles. The van der Waals surface area contributed by atoms with E-state index in [1.807, 2.05) is 36.7 Å². The Balaban J connectivity index is 1.72. The van der Waals surface area contributed by atoms with E-state index in [1.54, 1.807) is 18.3 Å². The van der Waals surface area contributed by atoms with Crippen molar-refractivity contribution in [3.63, 3.8) is 0 Å². The number of alkyl halides is 1. The van der Waals surface area contributed by atoms with Gasteiger partial charge in [0.2, 0.25) is 5.91 Å². The van der Waals surface area contributed by atoms with E-state index < -0.39 is 12.1 Å². The lowest BCUT2D eigenvalue weighted by atomic mass is 10.0. The van der Waals surface area contributed by atoms with Gasteiger partial charge in [-0.25, -0.2) is 9.37 Å². The van der Waals surface area contributed by atoms with E-state index in [9.17, 15) is 14.3 Å². The van der Waals surface area contributed by atoms with Crippen molar-refractivity contribution in [2.24, 2.45) is 13.0 Å². The van der Waals surface area contributed by atoms with Crippen LogP contribution in [0.5, 0.6) is 5.75 Å². The Hall–Kier alpha value is -2.89. The zero-order valence-electron chi connectivity index (χ0n) is 14.0. The summed E-state index contributed by atoms with van der Waals surface area (Å²) in [5, 5.41) is 13.5. The van der Waals surface area contributed by atoms with E-state index in [2.05, 4.69) is 10.3 Å². The number of phenolic OH excluding ortho intramolecular Hbond substituents is 1. The summed E-state index contributed by atoms with van der Waals surface area (Å²) in [6, 6.07) is 9.19. The molecule has 6 heteroatoms. The maximum absolute atomic E-state index is 13.0. The standard InChI is InChI=1S/C19H18FN3O2/c1-10-12(4-3-5-17(10)24)15-6-11-7-18(21-9-16(11)23(15)2)22-19(25)13-8-14(13)20/h3-7,9,13-14,24H,8H2,1-2H3,(H,21,22,25). The van der Waals surface area contributed by atoms with Crippen LogP contribution in [0.1, 0.15) is 12.0 Å². The molecule has 0 spiro atoms. The second-order valence-corrected chi connectivity index (χ2v) is 6.51. The molecule has 2 unspecified atom stereocenters. The van der Waals surface area contributed by atoms with Crippen molar-refractivity contribution in [1.82, 2.24) is 9.55 Å². The van der Waals surface area contributed by atoms with Gasteiger partial charge in [0.25, 0.3) is 0 Å². The molecule has 2 N–H and O–H groups in total. The molecule has 0 saturated heterocycles. The number of halogens is 1. The zero-order chi connectivity index (χ0) is 17.7. The molecule has 1 saturated carbocycles. The number of aromatic hydroxyl groups is 1. The second-order valence-electron chi connectivity index (χ2n) is 6.51. The number of pyridine rings is 1. The van der Waals surface area contributed by atoms with Crippen LogP contribution in [0.3, 0.4) is 0 Å². The molecule has 4 rings (SSSR count). The summed E-state index contributed by atoms with van der Waals surface area (Å²) in [6.45, 7) is 1.87. The summed E-state index contributed by atoms with van der Waals surface area (Å²) in [7, 11) is 1.93. The Bertz CT molecular complexity index is 996. The largest absolute Gasteiger partial charge is 0.508 e. The topological polar surface area (TPSA) is 67.2 Å². The highest BCUT2D eigenvalue weighted by atomic mass is 19.1. The van der Waals surface area contributed by atoms with E-state index in [-0.39, 0.29) is 11.7 Å². The molecule has 128 valence electrons. The van der Waals surface area contributed by atoms with Crippen LogP contribution in [0.4, 0.5) is 10.2 Å². The van der Waals surface area contributed by atoms with Crippen molar-refractivity contribution in [3.8, 4) is 17.0 Å². The Morgan fingerprint density at radius 1 is 1.40 bits per heavy atom. The third-order valence-electron chi connectivity index (χ3n) is 4.81. The Morgan fingerprint density at radius 2 is 2.16 bits per heavy atom. The van der Waals surface area contributed by atoms with Crippen LogP contribution in [-0.4, -0.2) is 26.7 Å². The maximum atomic E-state index is 13.0. The molecule has 1 aliphatic carbocycles. The molecule has 0 bridgehead atoms. The van der Waals surface area contributed by atoms with Gasteiger partial charge in [-0.1, -0.05) is 12.1 Å². The smallest absolute Gasteiger partial charge is 0.231 e. The van der Waals surface area contributed by atoms with Crippen LogP contribution >= 0.6 is 0 Å². The molecular weight excluding hydrogens is 321 g/mol. The van der Waals surface area contributed by atoms with E-state index in [0.717, 1.165) is 27.7 Å². The minimum Gasteiger partial charge on any atom is -0.508 e. The molecule has 2 aromatic heterocycles. The van der Waals surface area contributed by atoms with Crippen LogP contribution in [0.2, 0.25) is 0 Å². The number of aryl methyl sites for hydroxylation is 1. The zero-order valence-corrected chi connectivity index (χ0v) is 14.0. The van der Waals surface area contributed by atoms with Gasteiger partial charge in [-0.3, -0.25) is 4.79 Å². The van der Waals surface area contributed by atoms with Crippen molar-refractivity contribution in [3.05, 3.63) is 42.1 Å². The first-order chi connectivity index (χ1) is 12.0. The molecular formula is C19H18FN3O2. The molecule has 0 radical (unpaired) electrons. The number of amides is 1. The molecule has 2 heterocycles. The number of hydrogen-bond acceptors (Lipinski definition) is 3. The minimum atomic E-state index is -1.03. The van der Waals surface area contributed by atoms with Crippen molar-refractivity contribution >= 4 is 22.6 Å². The first kappa shape index (κ1) is 15.6. The number of anilines is 1. The third-order valence-corrected chi connectivity index (χ3v) is 4.81. The first-order valence-electron chi connectivity index (χ1n) is 8.15. The van der Waals surface area contributed by atoms with Crippen molar-refractivity contribution in [1.29, 1.82) is 0 Å². The van der Waals surface area contributed by atoms with E-state index >= 15 is 0 Å². The molecule has 2 atom stereocenters. The Kier molecular flexibility index (Phi) is 3.49. The fourth-order valence-electron chi connectivity index (χ4n) is 3.12. The first-order valence-corrected chi connectivity index (χ1v) is 8.15. The molecule has 1 aliphatic rings. The van der Waals surface area contributed by atoms with E-state index in [0.29, 0.717) is 12.2 Å². The molecule has 25 heavy (non-hydrogen) atoms. The van der Waals surface area contributed by atoms with Gasteiger partial charge in [-0.05, 0) is 31.5 Å². The number of hydrogen-bond donors (Lipinski definition) is 2. The molecule has 3 aromatic rings. The lowest BCUT2D eigenvalue weighted by Gasteiger charge is -2.09. The summed E-state index contributed by atoms with van der Waals surface area (Å²) < 4.78 is 15.0. The van der Waals surface area contributed by atoms with Crippen LogP contribution in [0, 0.1) is 12.8 Å². The summed E-state index contributed by atoms with van der Waals surface area (Å²) in [5.41, 5.74) is 3.59. The number of carbonyl (C=O) groups is 1. The fourth-order valence-corrected chi connectivity index (χ4v) is 3.12. The van der Waals surface area contributed by atoms with Gasteiger partial charge in [0.1, 0.15) is 17.7 Å². The lowest BCUT2D eigenvalue weighted by molar-refractivity contribution is -0.117. The second kappa shape index (κ2) is 5.58. The number of rotatable bonds is 3. The van der Waals surface area contributed by atoms with Crippen LogP contribution in [0.25, 0.3) is 22.2 Å². The molecule has 5 nitrogen and oxygen atoms in total. The quantitative estimate of drug-likeness (QED) is 0.767. The maximum Gasteiger partial charge on any atom is 0.231 e. The van der Waals surface area contributed by atoms with Crippen LogP contribution < -0.4 is 5.32 Å². The highest BCUT2D eigenvalue weighted by molar-refractivity contribution is 5.96. The number of aromatic nitrogens is 2. The lowest BCUT2D eigenvalue weighted by Crippen LogP contribution is -2.15. The van der Waals surface area contributed by atoms with Gasteiger partial charge in [-0.15, -0.1) is 0 Å². The predicted octanol–water partition coefficient (Wildman–Crippen LogP) is 3.55. The van der Waals surface area contributed by atoms with Gasteiger partial charge in [0, 0.05) is 29.3 Å². The molecule has 1 fully saturated rings. The van der Waals surface area contributed by atoms with Gasteiger partial charge < -0.3 is 15.0 Å². The summed E-state index contributed by atoms with van der Waals surface area (Å²) in [5.74, 6) is -0.196. The molecule has 1 aromatic carbocycles. The van der Waals surface area contributed by atoms with Crippen molar-refractivity contribution in [2.45, 2.75) is 19.5 Å². The van der Waals surface area contributed by atoms with Crippen molar-refractivity contribution in [2.75, 3.05) is 5.32 Å². The van der Waals surface area contributed by atoms with Gasteiger partial charge in [0.15, 0.2) is 0 Å². The van der Waals surface area contributed by atoms with Crippen LogP contribution in [0.15, 0.2) is 36.5 Å². The van der Waals surface area contributed by atoms with Gasteiger partial charge >= 0.3 is 0 Å².